The first kappa shape index (κ1) is 23.4. The Morgan fingerprint density at radius 2 is 1.08 bits per heavy atom. The Kier molecular flexibility index (Phi) is 41.3. The minimum Gasteiger partial charge on any atom is -0.870 e. The molecule has 0 rings (SSSR count). The first-order valence-corrected chi connectivity index (χ1v) is 5.66. The van der Waals surface area contributed by atoms with E-state index in [1.54, 1.807) is 0 Å². The van der Waals surface area contributed by atoms with Crippen LogP contribution in [0.15, 0.2) is 0 Å². The first-order chi connectivity index (χ1) is 4.91. The Morgan fingerprint density at radius 1 is 0.692 bits per heavy atom. The molecule has 0 aliphatic carbocycles. The minimum absolute atomic E-state index is 0. The SMILES string of the molecule is CCCCCCCC[CH2][Ti+3].[OH-].[OH-].[OH-]. The van der Waals surface area contributed by atoms with Gasteiger partial charge in [-0.15, -0.1) is 0 Å². The fourth-order valence-electron chi connectivity index (χ4n) is 1.08. The molecular weight excluding hydrogens is 204 g/mol. The summed E-state index contributed by atoms with van der Waals surface area (Å²) in [5.74, 6) is 0. The fourth-order valence-corrected chi connectivity index (χ4v) is 1.47. The molecule has 3 nitrogen and oxygen atoms in total. The van der Waals surface area contributed by atoms with Crippen LogP contribution >= 0.6 is 0 Å². The molecule has 0 saturated carbocycles. The topological polar surface area (TPSA) is 90.0 Å². The van der Waals surface area contributed by atoms with Gasteiger partial charge in [0, 0.05) is 0 Å². The number of rotatable bonds is 7. The van der Waals surface area contributed by atoms with Crippen LogP contribution in [-0.2, 0) is 20.4 Å². The van der Waals surface area contributed by atoms with Gasteiger partial charge in [-0.25, -0.2) is 0 Å². The Morgan fingerprint density at radius 3 is 1.46 bits per heavy atom. The van der Waals surface area contributed by atoms with Crippen LogP contribution in [0.5, 0.6) is 0 Å². The van der Waals surface area contributed by atoms with Crippen molar-refractivity contribution in [3.63, 3.8) is 0 Å². The van der Waals surface area contributed by atoms with Gasteiger partial charge < -0.3 is 16.4 Å². The molecule has 0 saturated heterocycles. The summed E-state index contributed by atoms with van der Waals surface area (Å²) in [6, 6.07) is 0. The molecule has 80 valence electrons. The predicted octanol–water partition coefficient (Wildman–Crippen LogP) is 3.17. The van der Waals surface area contributed by atoms with Gasteiger partial charge in [0.05, 0.1) is 0 Å². The van der Waals surface area contributed by atoms with E-state index in [1.807, 2.05) is 0 Å². The second-order valence-electron chi connectivity index (χ2n) is 2.87. The summed E-state index contributed by atoms with van der Waals surface area (Å²) in [6.07, 6.45) is 10.1. The second kappa shape index (κ2) is 22.9. The number of unbranched alkanes of at least 4 members (excludes halogenated alkanes) is 6. The molecule has 0 aliphatic rings. The van der Waals surface area contributed by atoms with E-state index >= 15 is 0 Å². The van der Waals surface area contributed by atoms with E-state index in [4.69, 9.17) is 0 Å². The predicted molar refractivity (Wildman–Crippen MR) is 48.6 cm³/mol. The molecule has 0 atom stereocenters. The van der Waals surface area contributed by atoms with Crippen LogP contribution < -0.4 is 0 Å². The van der Waals surface area contributed by atoms with E-state index in [0.717, 1.165) is 0 Å². The molecule has 0 unspecified atom stereocenters. The molecule has 0 aromatic rings. The van der Waals surface area contributed by atoms with Crippen molar-refractivity contribution in [3.8, 4) is 0 Å². The van der Waals surface area contributed by atoms with Crippen molar-refractivity contribution >= 4 is 0 Å². The van der Waals surface area contributed by atoms with Gasteiger partial charge in [0.25, 0.3) is 0 Å². The molecule has 0 heterocycles. The molecule has 13 heavy (non-hydrogen) atoms. The van der Waals surface area contributed by atoms with Gasteiger partial charge in [-0.2, -0.15) is 0 Å². The molecule has 3 N–H and O–H groups in total. The molecule has 0 bridgehead atoms. The summed E-state index contributed by atoms with van der Waals surface area (Å²) in [5.41, 5.74) is 0. The van der Waals surface area contributed by atoms with Crippen LogP contribution in [0.1, 0.15) is 51.9 Å². The van der Waals surface area contributed by atoms with Gasteiger partial charge in [0.2, 0.25) is 0 Å². The maximum absolute atomic E-state index is 2.27. The zero-order valence-electron chi connectivity index (χ0n) is 8.50. The normalized spacial score (nSPS) is 7.92. The van der Waals surface area contributed by atoms with Crippen LogP contribution in [0.2, 0.25) is 4.73 Å². The summed E-state index contributed by atoms with van der Waals surface area (Å²) >= 11 is 2.27. The Hall–Kier alpha value is 0.594. The largest absolute Gasteiger partial charge is 0.870 e. The molecular formula is C9H22O3Ti. The Labute approximate surface area is 93.6 Å². The quantitative estimate of drug-likeness (QED) is 0.493. The maximum atomic E-state index is 2.27. The Balaban J connectivity index is -0.000000135. The summed E-state index contributed by atoms with van der Waals surface area (Å²) in [6.45, 7) is 2.27. The summed E-state index contributed by atoms with van der Waals surface area (Å²) in [4.78, 5) is 0. The average molecular weight is 226 g/mol. The van der Waals surface area contributed by atoms with Crippen LogP contribution in [0.4, 0.5) is 0 Å². The number of hydrogen-bond acceptors (Lipinski definition) is 3. The third-order valence-corrected chi connectivity index (χ3v) is 2.33. The van der Waals surface area contributed by atoms with E-state index in [0.29, 0.717) is 0 Å². The van der Waals surface area contributed by atoms with Gasteiger partial charge in [-0.1, -0.05) is 0 Å². The molecule has 0 aliphatic heterocycles. The standard InChI is InChI=1S/C9H19.3H2O.Ti/c1-3-5-7-9-8-6-4-2;;;;/h1,3-9H2,2H3;3*1H2;/q;;;;+3/p-3. The molecule has 0 radical (unpaired) electrons. The smallest absolute Gasteiger partial charge is 0.870 e. The van der Waals surface area contributed by atoms with Gasteiger partial charge >= 0.3 is 77.0 Å². The van der Waals surface area contributed by atoms with Gasteiger partial charge in [-0.3, -0.25) is 0 Å². The third-order valence-electron chi connectivity index (χ3n) is 1.78. The van der Waals surface area contributed by atoms with E-state index < -0.39 is 0 Å². The van der Waals surface area contributed by atoms with E-state index in [2.05, 4.69) is 27.4 Å². The fraction of sp³-hybridized carbons (Fsp3) is 1.00. The van der Waals surface area contributed by atoms with Crippen LogP contribution in [-0.4, -0.2) is 16.4 Å². The zero-order chi connectivity index (χ0) is 7.66. The Bertz CT molecular complexity index is 54.8. The van der Waals surface area contributed by atoms with E-state index in [9.17, 15) is 0 Å². The van der Waals surface area contributed by atoms with Gasteiger partial charge in [0.15, 0.2) is 0 Å². The molecule has 0 aromatic carbocycles. The van der Waals surface area contributed by atoms with Crippen molar-refractivity contribution < 1.29 is 36.9 Å². The molecule has 0 amide bonds. The average Bonchev–Trinajstić information content (AvgIpc) is 1.97. The van der Waals surface area contributed by atoms with Crippen molar-refractivity contribution in [1.82, 2.24) is 0 Å². The van der Waals surface area contributed by atoms with Gasteiger partial charge in [-0.05, 0) is 0 Å². The van der Waals surface area contributed by atoms with Crippen molar-refractivity contribution in [3.05, 3.63) is 0 Å². The van der Waals surface area contributed by atoms with Crippen LogP contribution in [0.3, 0.4) is 0 Å². The second-order valence-corrected chi connectivity index (χ2v) is 3.65. The molecule has 0 fully saturated rings. The van der Waals surface area contributed by atoms with Crippen molar-refractivity contribution in [2.45, 2.75) is 56.6 Å². The summed E-state index contributed by atoms with van der Waals surface area (Å²) in [7, 11) is 0. The minimum atomic E-state index is 0. The zero-order valence-corrected chi connectivity index (χ0v) is 10.1. The van der Waals surface area contributed by atoms with Crippen molar-refractivity contribution in [1.29, 1.82) is 0 Å². The monoisotopic (exact) mass is 226 g/mol. The van der Waals surface area contributed by atoms with E-state index in [1.165, 1.54) is 49.7 Å². The van der Waals surface area contributed by atoms with Crippen LogP contribution in [0.25, 0.3) is 0 Å². The molecule has 4 heteroatoms. The molecule has 0 spiro atoms. The maximum Gasteiger partial charge on any atom is -0.870 e. The van der Waals surface area contributed by atoms with Crippen LogP contribution in [0, 0.1) is 0 Å². The van der Waals surface area contributed by atoms with Crippen molar-refractivity contribution in [2.24, 2.45) is 0 Å². The molecule has 0 aromatic heterocycles. The number of hydrogen-bond donors (Lipinski definition) is 0. The first-order valence-electron chi connectivity index (χ1n) is 4.56. The van der Waals surface area contributed by atoms with Gasteiger partial charge in [0.1, 0.15) is 0 Å². The third kappa shape index (κ3) is 24.5. The van der Waals surface area contributed by atoms with E-state index in [-0.39, 0.29) is 16.4 Å². The van der Waals surface area contributed by atoms with Crippen molar-refractivity contribution in [2.75, 3.05) is 0 Å². The summed E-state index contributed by atoms with van der Waals surface area (Å²) in [5, 5.41) is 0. The summed E-state index contributed by atoms with van der Waals surface area (Å²) < 4.78 is 1.37.